The lowest BCUT2D eigenvalue weighted by molar-refractivity contribution is -0.121. The van der Waals surface area contributed by atoms with Crippen molar-refractivity contribution in [2.75, 3.05) is 0 Å². The van der Waals surface area contributed by atoms with Gasteiger partial charge in [0.25, 0.3) is 0 Å². The molecular formula is C21H23N3O3S. The second-order valence-corrected chi connectivity index (χ2v) is 7.34. The molecule has 1 atom stereocenters. The van der Waals surface area contributed by atoms with Gasteiger partial charge in [-0.25, -0.2) is 0 Å². The maximum absolute atomic E-state index is 12.3. The van der Waals surface area contributed by atoms with Crippen LogP contribution in [0.1, 0.15) is 36.3 Å². The predicted molar refractivity (Wildman–Crippen MR) is 110 cm³/mol. The number of rotatable bonds is 8. The number of carbonyl (C=O) groups excluding carboxylic acids is 1. The molecule has 146 valence electrons. The number of nitrogens with zero attached hydrogens (tertiary/aromatic N) is 2. The third kappa shape index (κ3) is 5.29. The van der Waals surface area contributed by atoms with Crippen molar-refractivity contribution in [1.29, 1.82) is 0 Å². The highest BCUT2D eigenvalue weighted by Gasteiger charge is 2.12. The highest BCUT2D eigenvalue weighted by molar-refractivity contribution is 7.07. The zero-order valence-corrected chi connectivity index (χ0v) is 16.7. The Kier molecular flexibility index (Phi) is 6.60. The maximum Gasteiger partial charge on any atom is 0.307 e. The minimum absolute atomic E-state index is 0.0314. The highest BCUT2D eigenvalue weighted by atomic mass is 32.1. The topological polar surface area (TPSA) is 73.2 Å². The van der Waals surface area contributed by atoms with Crippen molar-refractivity contribution in [1.82, 2.24) is 14.9 Å². The first-order valence-electron chi connectivity index (χ1n) is 9.10. The Hall–Kier alpha value is -2.93. The molecule has 1 N–H and O–H groups in total. The Morgan fingerprint density at radius 3 is 2.86 bits per heavy atom. The van der Waals surface area contributed by atoms with Crippen LogP contribution in [0.3, 0.4) is 0 Å². The molecule has 0 aliphatic heterocycles. The van der Waals surface area contributed by atoms with E-state index in [-0.39, 0.29) is 23.2 Å². The quantitative estimate of drug-likeness (QED) is 0.632. The summed E-state index contributed by atoms with van der Waals surface area (Å²) in [5, 5.41) is 4.78. The molecule has 6 nitrogen and oxygen atoms in total. The molecule has 0 saturated carbocycles. The van der Waals surface area contributed by atoms with Crippen LogP contribution < -0.4 is 14.9 Å². The number of thiazole rings is 1. The number of ether oxygens (including phenoxy) is 1. The second kappa shape index (κ2) is 9.32. The number of carbonyl (C=O) groups is 1. The van der Waals surface area contributed by atoms with Crippen molar-refractivity contribution in [2.45, 2.75) is 39.5 Å². The van der Waals surface area contributed by atoms with Crippen LogP contribution in [-0.2, 0) is 17.9 Å². The van der Waals surface area contributed by atoms with Gasteiger partial charge in [0.15, 0.2) is 0 Å². The molecule has 28 heavy (non-hydrogen) atoms. The molecule has 0 aliphatic carbocycles. The lowest BCUT2D eigenvalue weighted by Gasteiger charge is -2.16. The molecule has 3 aromatic rings. The summed E-state index contributed by atoms with van der Waals surface area (Å²) in [4.78, 5) is 28.2. The number of nitrogens with one attached hydrogen (secondary N) is 1. The molecule has 3 rings (SSSR count). The summed E-state index contributed by atoms with van der Waals surface area (Å²) >= 11 is 1.16. The molecule has 1 amide bonds. The smallest absolute Gasteiger partial charge is 0.307 e. The molecule has 7 heteroatoms. The van der Waals surface area contributed by atoms with Crippen LogP contribution in [-0.4, -0.2) is 15.5 Å². The van der Waals surface area contributed by atoms with Crippen molar-refractivity contribution in [3.05, 3.63) is 80.7 Å². The normalized spacial score (nSPS) is 11.8. The first kappa shape index (κ1) is 19.8. The summed E-state index contributed by atoms with van der Waals surface area (Å²) in [7, 11) is 0. The van der Waals surface area contributed by atoms with Crippen LogP contribution in [0.4, 0.5) is 0 Å². The molecule has 1 aromatic carbocycles. The van der Waals surface area contributed by atoms with Gasteiger partial charge in [0.1, 0.15) is 12.4 Å². The van der Waals surface area contributed by atoms with Crippen LogP contribution in [0.2, 0.25) is 0 Å². The van der Waals surface area contributed by atoms with Crippen molar-refractivity contribution < 1.29 is 9.53 Å². The van der Waals surface area contributed by atoms with Gasteiger partial charge in [-0.05, 0) is 43.7 Å². The van der Waals surface area contributed by atoms with Gasteiger partial charge in [-0.2, -0.15) is 0 Å². The molecular weight excluding hydrogens is 374 g/mol. The van der Waals surface area contributed by atoms with Gasteiger partial charge in [0.05, 0.1) is 11.7 Å². The molecule has 0 spiro atoms. The standard InChI is InChI=1S/C21H23N3O3S/c1-15-14-28-21(26)24(15)11-9-20(25)23-16(2)17-6-5-8-19(12-17)27-13-18-7-3-4-10-22-18/h3-8,10,12,14,16H,9,11,13H2,1-2H3,(H,23,25). The van der Waals surface area contributed by atoms with Crippen LogP contribution >= 0.6 is 11.3 Å². The Morgan fingerprint density at radius 2 is 2.14 bits per heavy atom. The van der Waals surface area contributed by atoms with Crippen molar-refractivity contribution in [3.63, 3.8) is 0 Å². The molecule has 0 aliphatic rings. The van der Waals surface area contributed by atoms with Crippen LogP contribution in [0, 0.1) is 6.92 Å². The SMILES string of the molecule is Cc1csc(=O)n1CCC(=O)NC(C)c1cccc(OCc2ccccn2)c1. The van der Waals surface area contributed by atoms with E-state index in [1.165, 1.54) is 0 Å². The Balaban J connectivity index is 1.54. The Labute approximate surface area is 167 Å². The summed E-state index contributed by atoms with van der Waals surface area (Å²) in [6.45, 7) is 4.58. The zero-order valence-electron chi connectivity index (χ0n) is 15.9. The molecule has 0 bridgehead atoms. The van der Waals surface area contributed by atoms with Gasteiger partial charge in [-0.15, -0.1) is 0 Å². The Bertz CT molecular complexity index is 982. The van der Waals surface area contributed by atoms with E-state index in [9.17, 15) is 9.59 Å². The van der Waals surface area contributed by atoms with E-state index in [0.717, 1.165) is 34.0 Å². The van der Waals surface area contributed by atoms with Gasteiger partial charge >= 0.3 is 4.87 Å². The van der Waals surface area contributed by atoms with Crippen LogP contribution in [0.25, 0.3) is 0 Å². The first-order valence-corrected chi connectivity index (χ1v) is 9.98. The highest BCUT2D eigenvalue weighted by Crippen LogP contribution is 2.20. The lowest BCUT2D eigenvalue weighted by Crippen LogP contribution is -2.28. The minimum Gasteiger partial charge on any atom is -0.487 e. The molecule has 2 aromatic heterocycles. The average molecular weight is 398 g/mol. The van der Waals surface area contributed by atoms with Gasteiger partial charge in [-0.1, -0.05) is 29.5 Å². The van der Waals surface area contributed by atoms with E-state index >= 15 is 0 Å². The number of amides is 1. The van der Waals surface area contributed by atoms with Crippen molar-refractivity contribution in [3.8, 4) is 5.75 Å². The largest absolute Gasteiger partial charge is 0.487 e. The average Bonchev–Trinajstić information content (AvgIpc) is 3.03. The Morgan fingerprint density at radius 1 is 1.29 bits per heavy atom. The van der Waals surface area contributed by atoms with Crippen molar-refractivity contribution in [2.24, 2.45) is 0 Å². The van der Waals surface area contributed by atoms with E-state index in [0.29, 0.717) is 13.2 Å². The summed E-state index contributed by atoms with van der Waals surface area (Å²) in [6, 6.07) is 13.2. The number of pyridine rings is 1. The van der Waals surface area contributed by atoms with Crippen LogP contribution in [0.5, 0.6) is 5.75 Å². The van der Waals surface area contributed by atoms with E-state index in [2.05, 4.69) is 10.3 Å². The number of hydrogen-bond donors (Lipinski definition) is 1. The fourth-order valence-corrected chi connectivity index (χ4v) is 3.56. The van der Waals surface area contributed by atoms with Gasteiger partial charge in [0, 0.05) is 30.2 Å². The second-order valence-electron chi connectivity index (χ2n) is 6.52. The van der Waals surface area contributed by atoms with E-state index in [4.69, 9.17) is 4.74 Å². The zero-order chi connectivity index (χ0) is 19.9. The number of benzene rings is 1. The predicted octanol–water partition coefficient (Wildman–Crippen LogP) is 3.46. The van der Waals surface area contributed by atoms with E-state index < -0.39 is 0 Å². The number of hydrogen-bond acceptors (Lipinski definition) is 5. The lowest BCUT2D eigenvalue weighted by atomic mass is 10.1. The third-order valence-electron chi connectivity index (χ3n) is 4.39. The summed E-state index contributed by atoms with van der Waals surface area (Å²) in [5.41, 5.74) is 2.69. The fourth-order valence-electron chi connectivity index (χ4n) is 2.80. The molecule has 0 fully saturated rings. The summed E-state index contributed by atoms with van der Waals surface area (Å²) in [5.74, 6) is 0.634. The summed E-state index contributed by atoms with van der Waals surface area (Å²) in [6.07, 6.45) is 2.00. The third-order valence-corrected chi connectivity index (χ3v) is 5.27. The summed E-state index contributed by atoms with van der Waals surface area (Å²) < 4.78 is 7.42. The van der Waals surface area contributed by atoms with Gasteiger partial charge in [0.2, 0.25) is 5.91 Å². The van der Waals surface area contributed by atoms with E-state index in [1.807, 2.05) is 56.3 Å². The molecule has 2 heterocycles. The molecule has 1 unspecified atom stereocenters. The van der Waals surface area contributed by atoms with Gasteiger partial charge in [-0.3, -0.25) is 14.6 Å². The minimum atomic E-state index is -0.161. The maximum atomic E-state index is 12.3. The number of aryl methyl sites for hydroxylation is 1. The van der Waals surface area contributed by atoms with E-state index in [1.54, 1.807) is 16.1 Å². The van der Waals surface area contributed by atoms with Crippen molar-refractivity contribution >= 4 is 17.2 Å². The molecule has 0 radical (unpaired) electrons. The fraction of sp³-hybridized carbons (Fsp3) is 0.286. The van der Waals surface area contributed by atoms with Gasteiger partial charge < -0.3 is 14.6 Å². The monoisotopic (exact) mass is 397 g/mol. The number of aromatic nitrogens is 2. The first-order chi connectivity index (χ1) is 13.5. The van der Waals surface area contributed by atoms with Crippen LogP contribution in [0.15, 0.2) is 58.8 Å². The molecule has 0 saturated heterocycles.